The number of benzene rings is 1. The van der Waals surface area contributed by atoms with Crippen LogP contribution in [0.25, 0.3) is 10.2 Å². The molecule has 0 amide bonds. The van der Waals surface area contributed by atoms with E-state index in [1.54, 1.807) is 17.5 Å². The summed E-state index contributed by atoms with van der Waals surface area (Å²) in [5.41, 5.74) is -0.859. The molecule has 0 saturated carbocycles. The molecule has 12 heteroatoms. The monoisotopic (exact) mass is 508 g/mol. The highest BCUT2D eigenvalue weighted by molar-refractivity contribution is 7.16. The number of anilines is 1. The Hall–Kier alpha value is -3.12. The Kier molecular flexibility index (Phi) is 6.18. The first-order chi connectivity index (χ1) is 16.7. The fraction of sp³-hybridized carbons (Fsp3) is 0.435. The van der Waals surface area contributed by atoms with Gasteiger partial charge in [0.05, 0.1) is 0 Å². The average molecular weight is 509 g/mol. The summed E-state index contributed by atoms with van der Waals surface area (Å²) in [6, 6.07) is 5.18. The molecule has 3 aromatic rings. The Morgan fingerprint density at radius 3 is 2.83 bits per heavy atom. The second kappa shape index (κ2) is 9.15. The van der Waals surface area contributed by atoms with Gasteiger partial charge in [-0.15, -0.1) is 11.3 Å². The number of aromatic nitrogens is 2. The van der Waals surface area contributed by atoms with Crippen molar-refractivity contribution in [3.05, 3.63) is 41.4 Å². The smallest absolute Gasteiger partial charge is 0.408 e. The SMILES string of the molecule is O=C(O)C1(NCCc2ccc3c(c2)OCCO3)CCN(c2ncc3ccsc3n2)C(C(F)(F)F)C1. The van der Waals surface area contributed by atoms with Gasteiger partial charge >= 0.3 is 12.1 Å². The van der Waals surface area contributed by atoms with E-state index >= 15 is 0 Å². The van der Waals surface area contributed by atoms with Gasteiger partial charge in [0.2, 0.25) is 5.95 Å². The Morgan fingerprint density at radius 1 is 1.26 bits per heavy atom. The lowest BCUT2D eigenvalue weighted by atomic mass is 9.82. The molecule has 0 radical (unpaired) electrons. The van der Waals surface area contributed by atoms with Crippen LogP contribution in [0.2, 0.25) is 0 Å². The second-order valence-electron chi connectivity index (χ2n) is 8.60. The van der Waals surface area contributed by atoms with E-state index in [1.807, 2.05) is 12.1 Å². The van der Waals surface area contributed by atoms with Crippen molar-refractivity contribution in [3.63, 3.8) is 0 Å². The number of carboxylic acid groups (broad SMARTS) is 1. The van der Waals surface area contributed by atoms with E-state index in [9.17, 15) is 23.1 Å². The van der Waals surface area contributed by atoms with Crippen LogP contribution in [-0.2, 0) is 11.2 Å². The zero-order valence-corrected chi connectivity index (χ0v) is 19.4. The molecule has 0 aliphatic carbocycles. The van der Waals surface area contributed by atoms with Crippen molar-refractivity contribution in [2.24, 2.45) is 0 Å². The lowest BCUT2D eigenvalue weighted by Gasteiger charge is -2.45. The molecule has 8 nitrogen and oxygen atoms in total. The van der Waals surface area contributed by atoms with Gasteiger partial charge in [0.25, 0.3) is 0 Å². The van der Waals surface area contributed by atoms with Crippen molar-refractivity contribution in [3.8, 4) is 11.5 Å². The van der Waals surface area contributed by atoms with Crippen LogP contribution in [0, 0.1) is 0 Å². The normalized spacial score (nSPS) is 22.4. The van der Waals surface area contributed by atoms with Crippen LogP contribution >= 0.6 is 11.3 Å². The molecule has 2 aromatic heterocycles. The van der Waals surface area contributed by atoms with E-state index < -0.39 is 30.1 Å². The molecule has 0 bridgehead atoms. The summed E-state index contributed by atoms with van der Waals surface area (Å²) in [5, 5.41) is 15.5. The molecule has 5 rings (SSSR count). The van der Waals surface area contributed by atoms with E-state index in [2.05, 4.69) is 15.3 Å². The molecule has 35 heavy (non-hydrogen) atoms. The number of rotatable bonds is 6. The molecule has 4 heterocycles. The zero-order chi connectivity index (χ0) is 24.6. The number of alkyl halides is 3. The Bertz CT molecular complexity index is 1240. The molecule has 2 atom stereocenters. The summed E-state index contributed by atoms with van der Waals surface area (Å²) in [5.74, 6) is -0.103. The molecule has 0 spiro atoms. The van der Waals surface area contributed by atoms with E-state index in [1.165, 1.54) is 17.5 Å². The third kappa shape index (κ3) is 4.72. The van der Waals surface area contributed by atoms with Crippen molar-refractivity contribution >= 4 is 33.5 Å². The first kappa shape index (κ1) is 23.6. The number of nitrogens with zero attached hydrogens (tertiary/aromatic N) is 3. The van der Waals surface area contributed by atoms with Gasteiger partial charge in [0.1, 0.15) is 29.6 Å². The number of hydrogen-bond acceptors (Lipinski definition) is 8. The number of ether oxygens (including phenoxy) is 2. The fourth-order valence-electron chi connectivity index (χ4n) is 4.55. The van der Waals surface area contributed by atoms with Gasteiger partial charge in [-0.05, 0) is 42.0 Å². The van der Waals surface area contributed by atoms with Gasteiger partial charge in [-0.25, -0.2) is 9.97 Å². The second-order valence-corrected chi connectivity index (χ2v) is 9.49. The third-order valence-electron chi connectivity index (χ3n) is 6.42. The van der Waals surface area contributed by atoms with Crippen LogP contribution in [0.4, 0.5) is 19.1 Å². The number of carbonyl (C=O) groups is 1. The van der Waals surface area contributed by atoms with E-state index in [-0.39, 0.29) is 25.5 Å². The zero-order valence-electron chi connectivity index (χ0n) is 18.5. The maximum Gasteiger partial charge on any atom is 0.408 e. The van der Waals surface area contributed by atoms with Crippen LogP contribution in [0.1, 0.15) is 18.4 Å². The van der Waals surface area contributed by atoms with Crippen molar-refractivity contribution in [2.45, 2.75) is 37.0 Å². The van der Waals surface area contributed by atoms with Gasteiger partial charge in [0, 0.05) is 31.1 Å². The largest absolute Gasteiger partial charge is 0.486 e. The summed E-state index contributed by atoms with van der Waals surface area (Å²) >= 11 is 1.31. The van der Waals surface area contributed by atoms with Gasteiger partial charge in [-0.3, -0.25) is 4.79 Å². The lowest BCUT2D eigenvalue weighted by Crippen LogP contribution is -2.65. The summed E-state index contributed by atoms with van der Waals surface area (Å²) in [6.45, 7) is 0.951. The number of nitrogens with one attached hydrogen (secondary N) is 1. The number of halogens is 3. The van der Waals surface area contributed by atoms with Crippen molar-refractivity contribution < 1.29 is 32.5 Å². The van der Waals surface area contributed by atoms with Gasteiger partial charge in [-0.2, -0.15) is 13.2 Å². The molecule has 2 aliphatic heterocycles. The minimum atomic E-state index is -4.66. The Labute approximate surface area is 202 Å². The molecule has 2 N–H and O–H groups in total. The number of fused-ring (bicyclic) bond motifs is 2. The van der Waals surface area contributed by atoms with Crippen LogP contribution in [0.15, 0.2) is 35.8 Å². The quantitative estimate of drug-likeness (QED) is 0.521. The minimum absolute atomic E-state index is 0.0259. The van der Waals surface area contributed by atoms with Gasteiger partial charge in [-0.1, -0.05) is 6.07 Å². The maximum absolute atomic E-state index is 14.1. The lowest BCUT2D eigenvalue weighted by molar-refractivity contribution is -0.166. The number of hydrogen-bond donors (Lipinski definition) is 2. The first-order valence-corrected chi connectivity index (χ1v) is 12.0. The van der Waals surface area contributed by atoms with Crippen molar-refractivity contribution in [1.29, 1.82) is 0 Å². The third-order valence-corrected chi connectivity index (χ3v) is 7.24. The highest BCUT2D eigenvalue weighted by Gasteiger charge is 2.55. The molecule has 1 aromatic carbocycles. The van der Waals surface area contributed by atoms with E-state index in [4.69, 9.17) is 9.47 Å². The predicted octanol–water partition coefficient (Wildman–Crippen LogP) is 3.65. The Balaban J connectivity index is 1.33. The molecular formula is C23H23F3N4O4S. The standard InChI is InChI=1S/C23H23F3N4O4S/c24-23(25,26)18-12-22(20(31)32,5-7-30(18)21-27-13-15-4-10-35-19(15)29-21)28-6-3-14-1-2-16-17(11-14)34-9-8-33-16/h1-2,4,10-11,13,18,28H,3,5-9,12H2,(H,31,32). The molecule has 1 saturated heterocycles. The Morgan fingerprint density at radius 2 is 2.06 bits per heavy atom. The highest BCUT2D eigenvalue weighted by atomic mass is 32.1. The summed E-state index contributed by atoms with van der Waals surface area (Å²) in [7, 11) is 0. The molecule has 2 unspecified atom stereocenters. The topological polar surface area (TPSA) is 96.8 Å². The number of aliphatic carboxylic acids is 1. The number of carboxylic acids is 1. The van der Waals surface area contributed by atoms with Gasteiger partial charge in [0.15, 0.2) is 11.5 Å². The predicted molar refractivity (Wildman–Crippen MR) is 123 cm³/mol. The highest BCUT2D eigenvalue weighted by Crippen LogP contribution is 2.39. The van der Waals surface area contributed by atoms with E-state index in [0.29, 0.717) is 36.0 Å². The van der Waals surface area contributed by atoms with Crippen molar-refractivity contribution in [2.75, 3.05) is 31.2 Å². The van der Waals surface area contributed by atoms with Gasteiger partial charge < -0.3 is 24.8 Å². The van der Waals surface area contributed by atoms with Crippen LogP contribution < -0.4 is 19.7 Å². The number of piperidine rings is 1. The van der Waals surface area contributed by atoms with Crippen LogP contribution in [0.5, 0.6) is 11.5 Å². The fourth-order valence-corrected chi connectivity index (χ4v) is 5.28. The summed E-state index contributed by atoms with van der Waals surface area (Å²) in [4.78, 5) is 22.3. The first-order valence-electron chi connectivity index (χ1n) is 11.2. The average Bonchev–Trinajstić information content (AvgIpc) is 3.31. The van der Waals surface area contributed by atoms with Crippen LogP contribution in [0.3, 0.4) is 0 Å². The maximum atomic E-state index is 14.1. The van der Waals surface area contributed by atoms with Crippen LogP contribution in [-0.4, -0.2) is 65.1 Å². The number of thiophene rings is 1. The molecular weight excluding hydrogens is 485 g/mol. The molecule has 1 fully saturated rings. The van der Waals surface area contributed by atoms with Crippen molar-refractivity contribution in [1.82, 2.24) is 15.3 Å². The molecule has 2 aliphatic rings. The summed E-state index contributed by atoms with van der Waals surface area (Å²) < 4.78 is 53.5. The minimum Gasteiger partial charge on any atom is -0.486 e. The molecule has 186 valence electrons. The summed E-state index contributed by atoms with van der Waals surface area (Å²) in [6.07, 6.45) is -3.43. The van der Waals surface area contributed by atoms with E-state index in [0.717, 1.165) is 15.8 Å².